The molecule has 0 radical (unpaired) electrons. The third kappa shape index (κ3) is 3.03. The van der Waals surface area contributed by atoms with Gasteiger partial charge in [0.25, 0.3) is 0 Å². The highest BCUT2D eigenvalue weighted by atomic mass is 16.3. The van der Waals surface area contributed by atoms with Crippen LogP contribution in [-0.4, -0.2) is 14.9 Å². The first-order chi connectivity index (χ1) is 8.69. The van der Waals surface area contributed by atoms with Crippen LogP contribution in [0.15, 0.2) is 30.6 Å². The van der Waals surface area contributed by atoms with Crippen LogP contribution in [0.25, 0.3) is 0 Å². The molecule has 0 aliphatic rings. The molecule has 4 nitrogen and oxygen atoms in total. The van der Waals surface area contributed by atoms with Gasteiger partial charge < -0.3 is 10.4 Å². The zero-order valence-corrected chi connectivity index (χ0v) is 10.8. The summed E-state index contributed by atoms with van der Waals surface area (Å²) in [5.41, 5.74) is 3.24. The second kappa shape index (κ2) is 5.58. The van der Waals surface area contributed by atoms with Gasteiger partial charge in [0.1, 0.15) is 5.75 Å². The van der Waals surface area contributed by atoms with E-state index in [1.807, 2.05) is 23.9 Å². The van der Waals surface area contributed by atoms with Crippen LogP contribution in [0.3, 0.4) is 0 Å². The van der Waals surface area contributed by atoms with Crippen molar-refractivity contribution in [2.24, 2.45) is 0 Å². The quantitative estimate of drug-likeness (QED) is 0.796. The van der Waals surface area contributed by atoms with Crippen molar-refractivity contribution in [2.75, 3.05) is 5.32 Å². The summed E-state index contributed by atoms with van der Waals surface area (Å²) in [4.78, 5) is 0. The first-order valence-corrected chi connectivity index (χ1v) is 6.24. The molecule has 0 aliphatic heterocycles. The number of rotatable bonds is 5. The lowest BCUT2D eigenvalue weighted by Gasteiger charge is -2.08. The van der Waals surface area contributed by atoms with Crippen molar-refractivity contribution in [3.05, 3.63) is 41.7 Å². The number of hydrogen-bond acceptors (Lipinski definition) is 3. The van der Waals surface area contributed by atoms with Gasteiger partial charge >= 0.3 is 0 Å². The molecule has 96 valence electrons. The molecule has 18 heavy (non-hydrogen) atoms. The van der Waals surface area contributed by atoms with Crippen molar-refractivity contribution in [1.29, 1.82) is 0 Å². The fraction of sp³-hybridized carbons (Fsp3) is 0.357. The predicted molar refractivity (Wildman–Crippen MR) is 72.7 cm³/mol. The van der Waals surface area contributed by atoms with Gasteiger partial charge in [-0.3, -0.25) is 4.68 Å². The first kappa shape index (κ1) is 12.5. The maximum Gasteiger partial charge on any atom is 0.115 e. The minimum atomic E-state index is 0.300. The standard InChI is InChI=1S/C14H19N3O/c1-3-6-17-10-12(9-16-17)8-15-14-5-4-13(18)7-11(14)2/h4-5,7,9-10,15,18H,3,6,8H2,1-2H3. The molecule has 0 bridgehead atoms. The third-order valence-electron chi connectivity index (χ3n) is 2.83. The molecule has 0 aliphatic carbocycles. The van der Waals surface area contributed by atoms with Crippen LogP contribution in [0.2, 0.25) is 0 Å². The van der Waals surface area contributed by atoms with Gasteiger partial charge in [0, 0.05) is 30.5 Å². The van der Waals surface area contributed by atoms with Crippen molar-refractivity contribution in [2.45, 2.75) is 33.4 Å². The third-order valence-corrected chi connectivity index (χ3v) is 2.83. The molecule has 2 N–H and O–H groups in total. The van der Waals surface area contributed by atoms with E-state index in [0.29, 0.717) is 5.75 Å². The van der Waals surface area contributed by atoms with Crippen LogP contribution in [0.1, 0.15) is 24.5 Å². The highest BCUT2D eigenvalue weighted by molar-refractivity contribution is 5.53. The normalized spacial score (nSPS) is 10.6. The number of benzene rings is 1. The highest BCUT2D eigenvalue weighted by Gasteiger charge is 2.01. The Labute approximate surface area is 107 Å². The monoisotopic (exact) mass is 245 g/mol. The molecule has 0 fully saturated rings. The summed E-state index contributed by atoms with van der Waals surface area (Å²) < 4.78 is 1.96. The number of nitrogens with one attached hydrogen (secondary N) is 1. The van der Waals surface area contributed by atoms with Crippen molar-refractivity contribution in [3.8, 4) is 5.75 Å². The Kier molecular flexibility index (Phi) is 3.87. The second-order valence-corrected chi connectivity index (χ2v) is 4.46. The molecule has 0 atom stereocenters. The molecule has 0 spiro atoms. The Bertz CT molecular complexity index is 520. The number of phenolic OH excluding ortho intramolecular Hbond substituents is 1. The lowest BCUT2D eigenvalue weighted by atomic mass is 10.2. The summed E-state index contributed by atoms with van der Waals surface area (Å²) in [7, 11) is 0. The van der Waals surface area contributed by atoms with Crippen LogP contribution >= 0.6 is 0 Å². The topological polar surface area (TPSA) is 50.1 Å². The van der Waals surface area contributed by atoms with Crippen LogP contribution in [-0.2, 0) is 13.1 Å². The van der Waals surface area contributed by atoms with Crippen molar-refractivity contribution in [3.63, 3.8) is 0 Å². The van der Waals surface area contributed by atoms with Crippen LogP contribution in [0, 0.1) is 6.92 Å². The molecule has 4 heteroatoms. The Hall–Kier alpha value is -1.97. The molecular weight excluding hydrogens is 226 g/mol. The van der Waals surface area contributed by atoms with Crippen LogP contribution < -0.4 is 5.32 Å². The Morgan fingerprint density at radius 1 is 1.39 bits per heavy atom. The Balaban J connectivity index is 1.97. The van der Waals surface area contributed by atoms with E-state index in [2.05, 4.69) is 23.5 Å². The van der Waals surface area contributed by atoms with E-state index in [1.54, 1.807) is 12.1 Å². The van der Waals surface area contributed by atoms with E-state index in [0.717, 1.165) is 36.3 Å². The van der Waals surface area contributed by atoms with E-state index in [-0.39, 0.29) is 0 Å². The largest absolute Gasteiger partial charge is 0.508 e. The molecular formula is C14H19N3O. The lowest BCUT2D eigenvalue weighted by Crippen LogP contribution is -2.00. The second-order valence-electron chi connectivity index (χ2n) is 4.46. The summed E-state index contributed by atoms with van der Waals surface area (Å²) in [6.07, 6.45) is 5.04. The SMILES string of the molecule is CCCn1cc(CNc2ccc(O)cc2C)cn1. The van der Waals surface area contributed by atoms with E-state index in [9.17, 15) is 5.11 Å². The van der Waals surface area contributed by atoms with Gasteiger partial charge in [-0.25, -0.2) is 0 Å². The highest BCUT2D eigenvalue weighted by Crippen LogP contribution is 2.20. The Morgan fingerprint density at radius 2 is 2.22 bits per heavy atom. The number of aryl methyl sites for hydroxylation is 2. The summed E-state index contributed by atoms with van der Waals surface area (Å²) >= 11 is 0. The first-order valence-electron chi connectivity index (χ1n) is 6.24. The van der Waals surface area contributed by atoms with Crippen molar-refractivity contribution < 1.29 is 5.11 Å². The van der Waals surface area contributed by atoms with Gasteiger partial charge in [0.05, 0.1) is 6.20 Å². The van der Waals surface area contributed by atoms with Crippen molar-refractivity contribution in [1.82, 2.24) is 9.78 Å². The van der Waals surface area contributed by atoms with Gasteiger partial charge in [0.2, 0.25) is 0 Å². The zero-order chi connectivity index (χ0) is 13.0. The van der Waals surface area contributed by atoms with E-state index >= 15 is 0 Å². The number of phenols is 1. The molecule has 1 heterocycles. The maximum absolute atomic E-state index is 9.34. The molecule has 0 saturated heterocycles. The molecule has 0 unspecified atom stereocenters. The minimum absolute atomic E-state index is 0.300. The van der Waals surface area contributed by atoms with Crippen molar-refractivity contribution >= 4 is 5.69 Å². The summed E-state index contributed by atoms with van der Waals surface area (Å²) in [6, 6.07) is 5.33. The molecule has 0 saturated carbocycles. The number of anilines is 1. The molecule has 2 rings (SSSR count). The fourth-order valence-corrected chi connectivity index (χ4v) is 1.89. The molecule has 1 aromatic carbocycles. The molecule has 1 aromatic heterocycles. The van der Waals surface area contributed by atoms with Crippen LogP contribution in [0.4, 0.5) is 5.69 Å². The van der Waals surface area contributed by atoms with Gasteiger partial charge in [-0.1, -0.05) is 6.92 Å². The fourth-order valence-electron chi connectivity index (χ4n) is 1.89. The van der Waals surface area contributed by atoms with Gasteiger partial charge in [0.15, 0.2) is 0 Å². The average Bonchev–Trinajstić information content (AvgIpc) is 2.76. The van der Waals surface area contributed by atoms with Gasteiger partial charge in [-0.05, 0) is 37.1 Å². The van der Waals surface area contributed by atoms with Crippen LogP contribution in [0.5, 0.6) is 5.75 Å². The number of aromatic nitrogens is 2. The maximum atomic E-state index is 9.34. The number of hydrogen-bond donors (Lipinski definition) is 2. The summed E-state index contributed by atoms with van der Waals surface area (Å²) in [5.74, 6) is 0.300. The van der Waals surface area contributed by atoms with E-state index in [1.165, 1.54) is 0 Å². The van der Waals surface area contributed by atoms with E-state index in [4.69, 9.17) is 0 Å². The molecule has 2 aromatic rings. The smallest absolute Gasteiger partial charge is 0.115 e. The summed E-state index contributed by atoms with van der Waals surface area (Å²) in [5, 5.41) is 17.0. The van der Waals surface area contributed by atoms with Gasteiger partial charge in [-0.15, -0.1) is 0 Å². The minimum Gasteiger partial charge on any atom is -0.508 e. The molecule has 0 amide bonds. The number of aromatic hydroxyl groups is 1. The predicted octanol–water partition coefficient (Wildman–Crippen LogP) is 2.92. The average molecular weight is 245 g/mol. The van der Waals surface area contributed by atoms with Gasteiger partial charge in [-0.2, -0.15) is 5.10 Å². The number of nitrogens with zero attached hydrogens (tertiary/aromatic N) is 2. The lowest BCUT2D eigenvalue weighted by molar-refractivity contribution is 0.475. The summed E-state index contributed by atoms with van der Waals surface area (Å²) in [6.45, 7) is 5.82. The van der Waals surface area contributed by atoms with E-state index < -0.39 is 0 Å². The zero-order valence-electron chi connectivity index (χ0n) is 10.8. The Morgan fingerprint density at radius 3 is 2.94 bits per heavy atom.